The Morgan fingerprint density at radius 3 is 2.61 bits per heavy atom. The number of aliphatic hydroxyl groups excluding tert-OH is 1. The summed E-state index contributed by atoms with van der Waals surface area (Å²) in [5.74, 6) is 0.854. The highest BCUT2D eigenvalue weighted by Gasteiger charge is 2.24. The third-order valence-electron chi connectivity index (χ3n) is 3.57. The van der Waals surface area contributed by atoms with E-state index in [1.54, 1.807) is 0 Å². The summed E-state index contributed by atoms with van der Waals surface area (Å²) in [6.45, 7) is 1.76. The highest BCUT2D eigenvalue weighted by atomic mass is 16.3. The van der Waals surface area contributed by atoms with Crippen LogP contribution in [-0.4, -0.2) is 42.3 Å². The van der Waals surface area contributed by atoms with E-state index in [0.717, 1.165) is 18.9 Å². The van der Waals surface area contributed by atoms with E-state index in [1.807, 2.05) is 18.2 Å². The number of hydrogen-bond acceptors (Lipinski definition) is 3. The van der Waals surface area contributed by atoms with Crippen LogP contribution in [0.5, 0.6) is 0 Å². The highest BCUT2D eigenvalue weighted by Crippen LogP contribution is 2.29. The standard InChI is InChI=1S/C15H24N2O/c1-17(10-13-7-8-13)11-15(18)14(16)9-12-5-3-2-4-6-12/h2-6,13-15,18H,7-11,16H2,1H3. The summed E-state index contributed by atoms with van der Waals surface area (Å²) in [5.41, 5.74) is 7.26. The number of benzene rings is 1. The van der Waals surface area contributed by atoms with Crippen LogP contribution in [0.3, 0.4) is 0 Å². The largest absolute Gasteiger partial charge is 0.390 e. The molecular formula is C15H24N2O. The molecule has 1 saturated carbocycles. The molecule has 0 saturated heterocycles. The van der Waals surface area contributed by atoms with Crippen LogP contribution in [0.25, 0.3) is 0 Å². The first-order chi connectivity index (χ1) is 8.65. The zero-order valence-corrected chi connectivity index (χ0v) is 11.1. The minimum atomic E-state index is -0.450. The van der Waals surface area contributed by atoms with Crippen molar-refractivity contribution < 1.29 is 5.11 Å². The first-order valence-electron chi connectivity index (χ1n) is 6.81. The number of aliphatic hydroxyl groups is 1. The fraction of sp³-hybridized carbons (Fsp3) is 0.600. The van der Waals surface area contributed by atoms with Gasteiger partial charge in [-0.2, -0.15) is 0 Å². The summed E-state index contributed by atoms with van der Waals surface area (Å²) in [6, 6.07) is 9.94. The van der Waals surface area contributed by atoms with Crippen LogP contribution in [0, 0.1) is 5.92 Å². The lowest BCUT2D eigenvalue weighted by atomic mass is 10.0. The van der Waals surface area contributed by atoms with Gasteiger partial charge >= 0.3 is 0 Å². The Labute approximate surface area is 110 Å². The van der Waals surface area contributed by atoms with Crippen LogP contribution >= 0.6 is 0 Å². The lowest BCUT2D eigenvalue weighted by Gasteiger charge is -2.24. The normalized spacial score (nSPS) is 18.9. The zero-order chi connectivity index (χ0) is 13.0. The molecule has 1 aromatic carbocycles. The van der Waals surface area contributed by atoms with Crippen LogP contribution in [0.4, 0.5) is 0 Å². The van der Waals surface area contributed by atoms with Gasteiger partial charge in [-0.3, -0.25) is 0 Å². The van der Waals surface area contributed by atoms with Gasteiger partial charge < -0.3 is 15.7 Å². The van der Waals surface area contributed by atoms with Gasteiger partial charge in [0.15, 0.2) is 0 Å². The SMILES string of the molecule is CN(CC1CC1)CC(O)C(N)Cc1ccccc1. The van der Waals surface area contributed by atoms with E-state index < -0.39 is 6.10 Å². The molecule has 100 valence electrons. The Bertz CT molecular complexity index is 351. The average Bonchev–Trinajstić information content (AvgIpc) is 3.14. The van der Waals surface area contributed by atoms with Crippen molar-refractivity contribution in [1.29, 1.82) is 0 Å². The first kappa shape index (κ1) is 13.5. The molecule has 2 rings (SSSR count). The summed E-state index contributed by atoms with van der Waals surface area (Å²) in [4.78, 5) is 2.20. The smallest absolute Gasteiger partial charge is 0.0820 e. The molecular weight excluding hydrogens is 224 g/mol. The lowest BCUT2D eigenvalue weighted by molar-refractivity contribution is 0.100. The van der Waals surface area contributed by atoms with E-state index in [-0.39, 0.29) is 6.04 Å². The van der Waals surface area contributed by atoms with Crippen LogP contribution in [-0.2, 0) is 6.42 Å². The van der Waals surface area contributed by atoms with Gasteiger partial charge in [0.1, 0.15) is 0 Å². The van der Waals surface area contributed by atoms with Gasteiger partial charge in [0.2, 0.25) is 0 Å². The van der Waals surface area contributed by atoms with Gasteiger partial charge in [0, 0.05) is 19.1 Å². The monoisotopic (exact) mass is 248 g/mol. The second-order valence-electron chi connectivity index (χ2n) is 5.59. The number of hydrogen-bond donors (Lipinski definition) is 2. The van der Waals surface area contributed by atoms with Crippen molar-refractivity contribution in [3.8, 4) is 0 Å². The summed E-state index contributed by atoms with van der Waals surface area (Å²) in [5, 5.41) is 10.1. The number of nitrogens with zero attached hydrogens (tertiary/aromatic N) is 1. The maximum absolute atomic E-state index is 10.1. The Kier molecular flexibility index (Phi) is 4.75. The molecule has 3 nitrogen and oxygen atoms in total. The van der Waals surface area contributed by atoms with Crippen molar-refractivity contribution in [2.45, 2.75) is 31.4 Å². The molecule has 0 heterocycles. The molecule has 0 amide bonds. The number of rotatable bonds is 7. The van der Waals surface area contributed by atoms with Crippen LogP contribution in [0.2, 0.25) is 0 Å². The van der Waals surface area contributed by atoms with E-state index in [0.29, 0.717) is 6.54 Å². The summed E-state index contributed by atoms with van der Waals surface area (Å²) >= 11 is 0. The van der Waals surface area contributed by atoms with Gasteiger partial charge in [-0.25, -0.2) is 0 Å². The molecule has 3 N–H and O–H groups in total. The van der Waals surface area contributed by atoms with Gasteiger partial charge in [-0.15, -0.1) is 0 Å². The van der Waals surface area contributed by atoms with Crippen molar-refractivity contribution in [1.82, 2.24) is 4.90 Å². The molecule has 2 atom stereocenters. The maximum Gasteiger partial charge on any atom is 0.0820 e. The molecule has 0 radical (unpaired) electrons. The topological polar surface area (TPSA) is 49.5 Å². The van der Waals surface area contributed by atoms with Crippen molar-refractivity contribution in [2.24, 2.45) is 11.7 Å². The summed E-state index contributed by atoms with van der Waals surface area (Å²) in [7, 11) is 2.07. The van der Waals surface area contributed by atoms with E-state index in [1.165, 1.54) is 18.4 Å². The van der Waals surface area contributed by atoms with Crippen molar-refractivity contribution in [2.75, 3.05) is 20.1 Å². The molecule has 2 unspecified atom stereocenters. The number of likely N-dealkylation sites (N-methyl/N-ethyl adjacent to an activating group) is 1. The second-order valence-corrected chi connectivity index (χ2v) is 5.59. The summed E-state index contributed by atoms with van der Waals surface area (Å²) in [6.07, 6.45) is 2.97. The minimum Gasteiger partial charge on any atom is -0.390 e. The molecule has 1 aliphatic carbocycles. The predicted molar refractivity (Wildman–Crippen MR) is 74.3 cm³/mol. The number of nitrogens with two attached hydrogens (primary N) is 1. The molecule has 1 aromatic rings. The van der Waals surface area contributed by atoms with Crippen LogP contribution in [0.15, 0.2) is 30.3 Å². The third-order valence-corrected chi connectivity index (χ3v) is 3.57. The molecule has 0 bridgehead atoms. The fourth-order valence-electron chi connectivity index (χ4n) is 2.29. The van der Waals surface area contributed by atoms with E-state index >= 15 is 0 Å². The van der Waals surface area contributed by atoms with E-state index in [4.69, 9.17) is 5.73 Å². The quantitative estimate of drug-likeness (QED) is 0.764. The Balaban J connectivity index is 1.75. The average molecular weight is 248 g/mol. The molecule has 0 spiro atoms. The molecule has 1 aliphatic rings. The van der Waals surface area contributed by atoms with Crippen molar-refractivity contribution in [3.63, 3.8) is 0 Å². The Morgan fingerprint density at radius 2 is 2.00 bits per heavy atom. The predicted octanol–water partition coefficient (Wildman–Crippen LogP) is 1.26. The van der Waals surface area contributed by atoms with E-state index in [2.05, 4.69) is 24.1 Å². The molecule has 0 aliphatic heterocycles. The van der Waals surface area contributed by atoms with Gasteiger partial charge in [0.05, 0.1) is 6.10 Å². The van der Waals surface area contributed by atoms with Crippen molar-refractivity contribution in [3.05, 3.63) is 35.9 Å². The Morgan fingerprint density at radius 1 is 1.33 bits per heavy atom. The van der Waals surface area contributed by atoms with E-state index in [9.17, 15) is 5.11 Å². The molecule has 1 fully saturated rings. The summed E-state index contributed by atoms with van der Waals surface area (Å²) < 4.78 is 0. The van der Waals surface area contributed by atoms with Crippen LogP contribution in [0.1, 0.15) is 18.4 Å². The second kappa shape index (κ2) is 6.32. The zero-order valence-electron chi connectivity index (χ0n) is 11.1. The fourth-order valence-corrected chi connectivity index (χ4v) is 2.29. The Hall–Kier alpha value is -0.900. The van der Waals surface area contributed by atoms with Crippen LogP contribution < -0.4 is 5.73 Å². The molecule has 3 heteroatoms. The van der Waals surface area contributed by atoms with Gasteiger partial charge in [-0.05, 0) is 37.8 Å². The highest BCUT2D eigenvalue weighted by molar-refractivity contribution is 5.16. The maximum atomic E-state index is 10.1. The van der Waals surface area contributed by atoms with Gasteiger partial charge in [0.25, 0.3) is 0 Å². The first-order valence-corrected chi connectivity index (χ1v) is 6.81. The molecule has 18 heavy (non-hydrogen) atoms. The molecule has 0 aromatic heterocycles. The van der Waals surface area contributed by atoms with Crippen molar-refractivity contribution >= 4 is 0 Å². The third kappa shape index (κ3) is 4.41. The minimum absolute atomic E-state index is 0.186. The van der Waals surface area contributed by atoms with Gasteiger partial charge in [-0.1, -0.05) is 30.3 Å². The lowest BCUT2D eigenvalue weighted by Crippen LogP contribution is -2.44.